The zero-order valence-corrected chi connectivity index (χ0v) is 19.7. The fourth-order valence-electron chi connectivity index (χ4n) is 3.44. The van der Waals surface area contributed by atoms with Gasteiger partial charge >= 0.3 is 0 Å². The van der Waals surface area contributed by atoms with Gasteiger partial charge in [0.15, 0.2) is 0 Å². The van der Waals surface area contributed by atoms with Crippen LogP contribution in [0.15, 0.2) is 53.7 Å². The summed E-state index contributed by atoms with van der Waals surface area (Å²) in [6.45, 7) is 7.80. The first-order chi connectivity index (χ1) is 14.7. The zero-order valence-electron chi connectivity index (χ0n) is 18.2. The quantitative estimate of drug-likeness (QED) is 0.556. The van der Waals surface area contributed by atoms with E-state index in [-0.39, 0.29) is 18.3 Å². The summed E-state index contributed by atoms with van der Waals surface area (Å²) < 4.78 is 5.75. The third-order valence-corrected chi connectivity index (χ3v) is 5.61. The van der Waals surface area contributed by atoms with E-state index in [0.717, 1.165) is 16.8 Å². The van der Waals surface area contributed by atoms with E-state index in [1.54, 1.807) is 0 Å². The Kier molecular flexibility index (Phi) is 8.36. The number of halogens is 2. The molecule has 0 aromatic heterocycles. The second-order valence-electron chi connectivity index (χ2n) is 8.81. The van der Waals surface area contributed by atoms with Crippen LogP contribution in [0.2, 0.25) is 10.0 Å². The molecule has 2 aromatic rings. The molecule has 3 rings (SSSR count). The van der Waals surface area contributed by atoms with E-state index in [1.807, 2.05) is 69.3 Å². The molecule has 2 atom stereocenters. The van der Waals surface area contributed by atoms with Crippen molar-refractivity contribution in [3.05, 3.63) is 69.7 Å². The summed E-state index contributed by atoms with van der Waals surface area (Å²) in [5.74, 6) is 0. The molecule has 0 unspecified atom stereocenters. The minimum atomic E-state index is -0.632. The van der Waals surface area contributed by atoms with Gasteiger partial charge in [0, 0.05) is 41.7 Å². The lowest BCUT2D eigenvalue weighted by molar-refractivity contribution is -0.0600. The lowest BCUT2D eigenvalue weighted by Crippen LogP contribution is -2.40. The minimum Gasteiger partial charge on any atom is -0.390 e. The Morgan fingerprint density at radius 2 is 1.81 bits per heavy atom. The van der Waals surface area contributed by atoms with Gasteiger partial charge in [-0.25, -0.2) is 0 Å². The molecule has 0 radical (unpaired) electrons. The number of rotatable bonds is 9. The molecule has 1 N–H and O–H groups in total. The van der Waals surface area contributed by atoms with Gasteiger partial charge in [0.05, 0.1) is 24.0 Å². The topological polar surface area (TPSA) is 54.3 Å². The lowest BCUT2D eigenvalue weighted by Gasteiger charge is -2.29. The maximum atomic E-state index is 10.6. The normalized spacial score (nSPS) is 17.5. The molecule has 0 spiro atoms. The first-order valence-corrected chi connectivity index (χ1v) is 11.2. The number of nitrogens with zero attached hydrogens (tertiary/aromatic N) is 2. The van der Waals surface area contributed by atoms with Gasteiger partial charge in [0.1, 0.15) is 6.10 Å². The predicted octanol–water partition coefficient (Wildman–Crippen LogP) is 5.16. The number of aliphatic hydroxyl groups is 1. The fourth-order valence-corrected chi connectivity index (χ4v) is 3.88. The summed E-state index contributed by atoms with van der Waals surface area (Å²) >= 11 is 12.7. The maximum Gasteiger partial charge on any atom is 0.145 e. The van der Waals surface area contributed by atoms with Crippen molar-refractivity contribution < 1.29 is 14.7 Å². The summed E-state index contributed by atoms with van der Waals surface area (Å²) in [5, 5.41) is 16.2. The smallest absolute Gasteiger partial charge is 0.145 e. The number of aliphatic hydroxyl groups excluding tert-OH is 1. The van der Waals surface area contributed by atoms with Gasteiger partial charge in [0.2, 0.25) is 0 Å². The number of benzene rings is 2. The van der Waals surface area contributed by atoms with Gasteiger partial charge in [0.25, 0.3) is 0 Å². The number of ether oxygens (including phenoxy) is 1. The summed E-state index contributed by atoms with van der Waals surface area (Å²) in [7, 11) is 0. The largest absolute Gasteiger partial charge is 0.390 e. The van der Waals surface area contributed by atoms with Crippen LogP contribution < -0.4 is 0 Å². The van der Waals surface area contributed by atoms with Crippen LogP contribution in [0, 0.1) is 0 Å². The number of hydrogen-bond donors (Lipinski definition) is 1. The third-order valence-electron chi connectivity index (χ3n) is 4.91. The van der Waals surface area contributed by atoms with Crippen LogP contribution in [0.25, 0.3) is 0 Å². The van der Waals surface area contributed by atoms with E-state index >= 15 is 0 Å². The molecular weight excluding hydrogens is 435 g/mol. The van der Waals surface area contributed by atoms with E-state index in [1.165, 1.54) is 0 Å². The molecule has 1 aliphatic heterocycles. The van der Waals surface area contributed by atoms with Crippen LogP contribution in [0.3, 0.4) is 0 Å². The van der Waals surface area contributed by atoms with Crippen molar-refractivity contribution in [1.29, 1.82) is 0 Å². The van der Waals surface area contributed by atoms with Crippen LogP contribution in [0.4, 0.5) is 0 Å². The van der Waals surface area contributed by atoms with E-state index < -0.39 is 6.10 Å². The first-order valence-electron chi connectivity index (χ1n) is 10.5. The highest BCUT2D eigenvalue weighted by Crippen LogP contribution is 2.24. The summed E-state index contributed by atoms with van der Waals surface area (Å²) in [4.78, 5) is 7.84. The van der Waals surface area contributed by atoms with Gasteiger partial charge < -0.3 is 14.7 Å². The molecule has 1 heterocycles. The molecular formula is C24H30Cl2N2O3. The van der Waals surface area contributed by atoms with Crippen molar-refractivity contribution in [3.63, 3.8) is 0 Å². The SMILES string of the molecule is CC(C)(C)OC[C@H](O)CN(Cc1ccccc1Cl)C[C@H]1CC(c2ccccc2Cl)=NO1. The molecule has 0 saturated heterocycles. The standard InChI is InChI=1S/C24H30Cl2N2O3/c1-24(2,3)30-16-18(29)14-28(13-17-8-4-6-10-21(17)25)15-19-12-23(27-31-19)20-9-5-7-11-22(20)26/h4-11,18-19,29H,12-16H2,1-3H3/t18-,19-/m1/s1. The van der Waals surface area contributed by atoms with Crippen molar-refractivity contribution in [2.24, 2.45) is 5.16 Å². The molecule has 0 aliphatic carbocycles. The molecule has 5 nitrogen and oxygen atoms in total. The van der Waals surface area contributed by atoms with Crippen LogP contribution in [0.1, 0.15) is 38.3 Å². The van der Waals surface area contributed by atoms with Gasteiger partial charge in [-0.2, -0.15) is 0 Å². The summed E-state index contributed by atoms with van der Waals surface area (Å²) in [6.07, 6.45) is -0.117. The average Bonchev–Trinajstić information content (AvgIpc) is 3.16. The van der Waals surface area contributed by atoms with Crippen molar-refractivity contribution in [3.8, 4) is 0 Å². The minimum absolute atomic E-state index is 0.135. The van der Waals surface area contributed by atoms with Gasteiger partial charge in [-0.1, -0.05) is 64.8 Å². The number of hydrogen-bond acceptors (Lipinski definition) is 5. The Labute approximate surface area is 194 Å². The van der Waals surface area contributed by atoms with Gasteiger partial charge in [-0.15, -0.1) is 0 Å². The van der Waals surface area contributed by atoms with Crippen molar-refractivity contribution in [2.75, 3.05) is 19.7 Å². The zero-order chi connectivity index (χ0) is 22.4. The Hall–Kier alpha value is -1.63. The van der Waals surface area contributed by atoms with Crippen LogP contribution in [0.5, 0.6) is 0 Å². The van der Waals surface area contributed by atoms with Crippen LogP contribution in [-0.4, -0.2) is 53.2 Å². The Morgan fingerprint density at radius 1 is 1.13 bits per heavy atom. The fraction of sp³-hybridized carbons (Fsp3) is 0.458. The molecule has 0 fully saturated rings. The number of oxime groups is 1. The van der Waals surface area contributed by atoms with Gasteiger partial charge in [-0.05, 0) is 38.5 Å². The third kappa shape index (κ3) is 7.48. The van der Waals surface area contributed by atoms with Crippen LogP contribution in [-0.2, 0) is 16.1 Å². The maximum absolute atomic E-state index is 10.6. The van der Waals surface area contributed by atoms with Crippen molar-refractivity contribution in [1.82, 2.24) is 4.90 Å². The van der Waals surface area contributed by atoms with E-state index in [4.69, 9.17) is 32.8 Å². The van der Waals surface area contributed by atoms with Crippen molar-refractivity contribution >= 4 is 28.9 Å². The van der Waals surface area contributed by atoms with E-state index in [2.05, 4.69) is 10.1 Å². The molecule has 0 saturated carbocycles. The Bertz CT molecular complexity index is 898. The summed E-state index contributed by atoms with van der Waals surface area (Å²) in [6, 6.07) is 15.4. The predicted molar refractivity (Wildman–Crippen MR) is 126 cm³/mol. The average molecular weight is 465 g/mol. The Morgan fingerprint density at radius 3 is 2.48 bits per heavy atom. The van der Waals surface area contributed by atoms with Gasteiger partial charge in [-0.3, -0.25) is 4.90 Å². The molecule has 0 amide bonds. The molecule has 1 aliphatic rings. The lowest BCUT2D eigenvalue weighted by atomic mass is 10.0. The highest BCUT2D eigenvalue weighted by atomic mass is 35.5. The molecule has 168 valence electrons. The summed E-state index contributed by atoms with van der Waals surface area (Å²) in [5.41, 5.74) is 2.42. The highest BCUT2D eigenvalue weighted by Gasteiger charge is 2.27. The second-order valence-corrected chi connectivity index (χ2v) is 9.63. The van der Waals surface area contributed by atoms with Crippen molar-refractivity contribution in [2.45, 2.75) is 51.5 Å². The molecule has 2 aromatic carbocycles. The molecule has 0 bridgehead atoms. The first kappa shape index (κ1) is 24.0. The highest BCUT2D eigenvalue weighted by molar-refractivity contribution is 6.34. The van der Waals surface area contributed by atoms with Crippen LogP contribution >= 0.6 is 23.2 Å². The second kappa shape index (κ2) is 10.8. The van der Waals surface area contributed by atoms with E-state index in [9.17, 15) is 5.11 Å². The Balaban J connectivity index is 1.65. The molecule has 7 heteroatoms. The van der Waals surface area contributed by atoms with E-state index in [0.29, 0.717) is 36.1 Å². The monoisotopic (exact) mass is 464 g/mol. The molecule has 31 heavy (non-hydrogen) atoms.